The topological polar surface area (TPSA) is 41.1 Å². The molecular weight excluding hydrogens is 388 g/mol. The number of carbonyl (C=O) groups is 1. The van der Waals surface area contributed by atoms with Gasteiger partial charge in [0.25, 0.3) is 0 Å². The molecule has 1 saturated carbocycles. The molecule has 0 atom stereocenters. The molecule has 134 valence electrons. The first kappa shape index (κ1) is 19.7. The molecule has 3 rings (SSSR count). The average molecular weight is 416 g/mol. The summed E-state index contributed by atoms with van der Waals surface area (Å²) >= 11 is 3.56. The van der Waals surface area contributed by atoms with E-state index in [0.29, 0.717) is 6.42 Å². The fourth-order valence-electron chi connectivity index (χ4n) is 3.85. The van der Waals surface area contributed by atoms with E-state index < -0.39 is 0 Å². The lowest BCUT2D eigenvalue weighted by atomic mass is 9.64. The molecule has 0 aromatic heterocycles. The number of benzene rings is 1. The van der Waals surface area contributed by atoms with E-state index in [1.807, 2.05) is 0 Å². The van der Waals surface area contributed by atoms with Crippen LogP contribution in [0.15, 0.2) is 28.7 Å². The van der Waals surface area contributed by atoms with Gasteiger partial charge >= 0.3 is 0 Å². The van der Waals surface area contributed by atoms with Crippen molar-refractivity contribution in [3.05, 3.63) is 34.3 Å². The van der Waals surface area contributed by atoms with E-state index in [9.17, 15) is 4.79 Å². The summed E-state index contributed by atoms with van der Waals surface area (Å²) < 4.78 is 1.12. The van der Waals surface area contributed by atoms with Crippen LogP contribution >= 0.6 is 28.3 Å². The van der Waals surface area contributed by atoms with Gasteiger partial charge in [0.1, 0.15) is 0 Å². The van der Waals surface area contributed by atoms with Gasteiger partial charge in [0, 0.05) is 22.9 Å². The van der Waals surface area contributed by atoms with Crippen molar-refractivity contribution in [2.45, 2.75) is 50.4 Å². The minimum Gasteiger partial charge on any atom is -0.355 e. The Morgan fingerprint density at radius 2 is 2.04 bits per heavy atom. The van der Waals surface area contributed by atoms with Gasteiger partial charge in [-0.3, -0.25) is 4.79 Å². The first-order valence-electron chi connectivity index (χ1n) is 8.91. The van der Waals surface area contributed by atoms with E-state index >= 15 is 0 Å². The highest BCUT2D eigenvalue weighted by Crippen LogP contribution is 2.43. The molecule has 2 N–H and O–H groups in total. The Hall–Kier alpha value is -0.580. The normalized spacial score (nSPS) is 19.9. The first-order chi connectivity index (χ1) is 11.2. The summed E-state index contributed by atoms with van der Waals surface area (Å²) in [6, 6.07) is 8.57. The smallest absolute Gasteiger partial charge is 0.220 e. The monoisotopic (exact) mass is 414 g/mol. The minimum atomic E-state index is 0. The van der Waals surface area contributed by atoms with Crippen LogP contribution in [-0.4, -0.2) is 25.5 Å². The van der Waals surface area contributed by atoms with Crippen molar-refractivity contribution in [2.24, 2.45) is 5.92 Å². The van der Waals surface area contributed by atoms with Gasteiger partial charge in [0.05, 0.1) is 0 Å². The van der Waals surface area contributed by atoms with Crippen LogP contribution in [0.25, 0.3) is 0 Å². The highest BCUT2D eigenvalue weighted by molar-refractivity contribution is 9.10. The number of nitrogens with one attached hydrogen (secondary N) is 2. The SMILES string of the molecule is Cl.O=C(CCC1CCNCC1)NCC1(c2cccc(Br)c2)CCC1. The van der Waals surface area contributed by atoms with Gasteiger partial charge in [-0.05, 0) is 68.8 Å². The lowest BCUT2D eigenvalue weighted by molar-refractivity contribution is -0.121. The van der Waals surface area contributed by atoms with Crippen LogP contribution in [0.5, 0.6) is 0 Å². The van der Waals surface area contributed by atoms with E-state index in [0.717, 1.165) is 36.4 Å². The standard InChI is InChI=1S/C19H27BrN2O.ClH/c20-17-4-1-3-16(13-17)19(9-2-10-19)14-22-18(23)6-5-15-7-11-21-12-8-15;/h1,3-4,13,15,21H,2,5-12,14H2,(H,22,23);1H. The molecule has 1 heterocycles. The third-order valence-electron chi connectivity index (χ3n) is 5.61. The average Bonchev–Trinajstić information content (AvgIpc) is 2.53. The minimum absolute atomic E-state index is 0. The number of carbonyl (C=O) groups excluding carboxylic acids is 1. The Morgan fingerprint density at radius 1 is 1.29 bits per heavy atom. The zero-order valence-electron chi connectivity index (χ0n) is 14.2. The van der Waals surface area contributed by atoms with Crippen LogP contribution in [0.3, 0.4) is 0 Å². The molecule has 1 aromatic rings. The Kier molecular flexibility index (Phi) is 7.58. The van der Waals surface area contributed by atoms with Crippen LogP contribution in [0.4, 0.5) is 0 Å². The molecule has 1 aromatic carbocycles. The van der Waals surface area contributed by atoms with Crippen LogP contribution in [-0.2, 0) is 10.2 Å². The maximum atomic E-state index is 12.2. The van der Waals surface area contributed by atoms with E-state index in [4.69, 9.17) is 0 Å². The van der Waals surface area contributed by atoms with Gasteiger partial charge < -0.3 is 10.6 Å². The quantitative estimate of drug-likeness (QED) is 0.731. The van der Waals surface area contributed by atoms with Crippen LogP contribution in [0.2, 0.25) is 0 Å². The summed E-state index contributed by atoms with van der Waals surface area (Å²) in [5.41, 5.74) is 1.52. The summed E-state index contributed by atoms with van der Waals surface area (Å²) in [4.78, 5) is 12.2. The number of rotatable bonds is 6. The van der Waals surface area contributed by atoms with Crippen LogP contribution < -0.4 is 10.6 Å². The van der Waals surface area contributed by atoms with E-state index in [1.54, 1.807) is 0 Å². The number of hydrogen-bond donors (Lipinski definition) is 2. The van der Waals surface area contributed by atoms with Gasteiger partial charge in [0.2, 0.25) is 5.91 Å². The molecule has 0 spiro atoms. The summed E-state index contributed by atoms with van der Waals surface area (Å²) in [6.07, 6.45) is 7.77. The molecule has 3 nitrogen and oxygen atoms in total. The molecule has 1 saturated heterocycles. The third-order valence-corrected chi connectivity index (χ3v) is 6.10. The number of halogens is 2. The van der Waals surface area contributed by atoms with Crippen molar-refractivity contribution >= 4 is 34.2 Å². The predicted octanol–water partition coefficient (Wildman–Crippen LogP) is 4.19. The largest absolute Gasteiger partial charge is 0.355 e. The number of amides is 1. The molecule has 5 heteroatoms. The predicted molar refractivity (Wildman–Crippen MR) is 105 cm³/mol. The molecule has 0 unspecified atom stereocenters. The van der Waals surface area contributed by atoms with Crippen molar-refractivity contribution in [3.63, 3.8) is 0 Å². The molecule has 1 aliphatic heterocycles. The summed E-state index contributed by atoms with van der Waals surface area (Å²) in [5.74, 6) is 0.953. The second-order valence-corrected chi connectivity index (χ2v) is 8.07. The lowest BCUT2D eigenvalue weighted by Gasteiger charge is -2.42. The second-order valence-electron chi connectivity index (χ2n) is 7.15. The second kappa shape index (κ2) is 9.21. The zero-order chi connectivity index (χ0) is 16.1. The summed E-state index contributed by atoms with van der Waals surface area (Å²) in [5, 5.41) is 6.59. The fraction of sp³-hybridized carbons (Fsp3) is 0.632. The molecular formula is C19H28BrClN2O. The Bertz CT molecular complexity index is 542. The Balaban J connectivity index is 0.00000208. The number of hydrogen-bond acceptors (Lipinski definition) is 2. The van der Waals surface area contributed by atoms with Crippen molar-refractivity contribution in [1.82, 2.24) is 10.6 Å². The number of piperidine rings is 1. The highest BCUT2D eigenvalue weighted by atomic mass is 79.9. The molecule has 1 aliphatic carbocycles. The molecule has 24 heavy (non-hydrogen) atoms. The van der Waals surface area contributed by atoms with Crippen molar-refractivity contribution < 1.29 is 4.79 Å². The maximum absolute atomic E-state index is 12.2. The summed E-state index contributed by atoms with van der Waals surface area (Å²) in [7, 11) is 0. The van der Waals surface area contributed by atoms with Crippen molar-refractivity contribution in [1.29, 1.82) is 0 Å². The van der Waals surface area contributed by atoms with Gasteiger partial charge in [0.15, 0.2) is 0 Å². The maximum Gasteiger partial charge on any atom is 0.220 e. The fourth-order valence-corrected chi connectivity index (χ4v) is 4.25. The first-order valence-corrected chi connectivity index (χ1v) is 9.71. The molecule has 0 bridgehead atoms. The third kappa shape index (κ3) is 4.96. The molecule has 1 amide bonds. The van der Waals surface area contributed by atoms with E-state index in [-0.39, 0.29) is 23.7 Å². The van der Waals surface area contributed by atoms with Gasteiger partial charge in [-0.1, -0.05) is 34.5 Å². The van der Waals surface area contributed by atoms with Gasteiger partial charge in [-0.25, -0.2) is 0 Å². The zero-order valence-corrected chi connectivity index (χ0v) is 16.6. The lowest BCUT2D eigenvalue weighted by Crippen LogP contribution is -2.45. The van der Waals surface area contributed by atoms with Gasteiger partial charge in [-0.2, -0.15) is 0 Å². The van der Waals surface area contributed by atoms with E-state index in [1.165, 1.54) is 37.7 Å². The summed E-state index contributed by atoms with van der Waals surface area (Å²) in [6.45, 7) is 3.01. The highest BCUT2D eigenvalue weighted by Gasteiger charge is 2.38. The van der Waals surface area contributed by atoms with Crippen molar-refractivity contribution in [2.75, 3.05) is 19.6 Å². The van der Waals surface area contributed by atoms with Gasteiger partial charge in [-0.15, -0.1) is 12.4 Å². The van der Waals surface area contributed by atoms with Crippen molar-refractivity contribution in [3.8, 4) is 0 Å². The Morgan fingerprint density at radius 3 is 2.67 bits per heavy atom. The Labute approximate surface area is 159 Å². The van der Waals surface area contributed by atoms with Crippen LogP contribution in [0.1, 0.15) is 50.5 Å². The van der Waals surface area contributed by atoms with Crippen LogP contribution in [0, 0.1) is 5.92 Å². The van der Waals surface area contributed by atoms with E-state index in [2.05, 4.69) is 50.8 Å². The molecule has 2 fully saturated rings. The molecule has 2 aliphatic rings. The molecule has 0 radical (unpaired) electrons.